The molecule has 176 valence electrons. The molecule has 0 bridgehead atoms. The maximum atomic E-state index is 12.3. The van der Waals surface area contributed by atoms with Crippen LogP contribution in [0.5, 0.6) is 0 Å². The lowest BCUT2D eigenvalue weighted by Crippen LogP contribution is -2.47. The smallest absolute Gasteiger partial charge is 0.328 e. The molecule has 0 saturated carbocycles. The molecule has 0 saturated heterocycles. The van der Waals surface area contributed by atoms with Gasteiger partial charge in [0.2, 0.25) is 11.8 Å². The number of methoxy groups -OCH3 is 2. The zero-order valence-corrected chi connectivity index (χ0v) is 18.4. The van der Waals surface area contributed by atoms with Crippen molar-refractivity contribution in [1.29, 1.82) is 0 Å². The van der Waals surface area contributed by atoms with Crippen molar-refractivity contribution < 1.29 is 38.2 Å². The zero-order valence-electron chi connectivity index (χ0n) is 18.4. The first-order valence-corrected chi connectivity index (χ1v) is 9.82. The Kier molecular flexibility index (Phi) is 11.4. The van der Waals surface area contributed by atoms with Crippen LogP contribution in [0.2, 0.25) is 0 Å². The van der Waals surface area contributed by atoms with Gasteiger partial charge in [-0.05, 0) is 12.0 Å². The summed E-state index contributed by atoms with van der Waals surface area (Å²) in [5.41, 5.74) is 6.35. The summed E-state index contributed by atoms with van der Waals surface area (Å²) in [5.74, 6) is -3.28. The maximum absolute atomic E-state index is 12.3. The molecular weight excluding hydrogens is 422 g/mol. The van der Waals surface area contributed by atoms with Gasteiger partial charge in [-0.15, -0.1) is 0 Å². The molecule has 2 amide bonds. The monoisotopic (exact) mass is 451 g/mol. The summed E-state index contributed by atoms with van der Waals surface area (Å²) in [4.78, 5) is 60.9. The van der Waals surface area contributed by atoms with Gasteiger partial charge < -0.3 is 30.2 Å². The Morgan fingerprint density at radius 3 is 2.25 bits per heavy atom. The lowest BCUT2D eigenvalue weighted by atomic mass is 10.1. The third-order valence-electron chi connectivity index (χ3n) is 4.41. The van der Waals surface area contributed by atoms with Crippen LogP contribution in [0.4, 0.5) is 0 Å². The lowest BCUT2D eigenvalue weighted by Gasteiger charge is -2.20. The fourth-order valence-electron chi connectivity index (χ4n) is 2.58. The van der Waals surface area contributed by atoms with E-state index in [-0.39, 0.29) is 26.0 Å². The Morgan fingerprint density at radius 1 is 1.03 bits per heavy atom. The highest BCUT2D eigenvalue weighted by molar-refractivity contribution is 5.90. The van der Waals surface area contributed by atoms with Crippen LogP contribution in [0.25, 0.3) is 0 Å². The summed E-state index contributed by atoms with van der Waals surface area (Å²) in [7, 11) is 3.69. The molecule has 0 spiro atoms. The molecule has 11 nitrogen and oxygen atoms in total. The van der Waals surface area contributed by atoms with E-state index in [4.69, 9.17) is 10.5 Å². The Hall–Kier alpha value is -3.47. The number of rotatable bonds is 12. The zero-order chi connectivity index (χ0) is 24.1. The number of benzene rings is 1. The molecule has 0 unspecified atom stereocenters. The van der Waals surface area contributed by atoms with Crippen LogP contribution >= 0.6 is 0 Å². The summed E-state index contributed by atoms with van der Waals surface area (Å²) in [6.07, 6.45) is -0.460. The first-order valence-electron chi connectivity index (χ1n) is 9.82. The second kappa shape index (κ2) is 13.8. The number of nitrogens with zero attached hydrogens (tertiary/aromatic N) is 1. The number of nitrogens with two attached hydrogens (primary N) is 1. The van der Waals surface area contributed by atoms with Gasteiger partial charge in [-0.2, -0.15) is 0 Å². The van der Waals surface area contributed by atoms with Crippen LogP contribution in [0.3, 0.4) is 0 Å². The molecule has 0 aliphatic rings. The summed E-state index contributed by atoms with van der Waals surface area (Å²) in [6.45, 7) is -0.356. The Morgan fingerprint density at radius 2 is 1.66 bits per heavy atom. The number of carbonyl (C=O) groups is 5. The lowest BCUT2D eigenvalue weighted by molar-refractivity contribution is -0.153. The normalized spacial score (nSPS) is 12.1. The molecule has 11 heteroatoms. The van der Waals surface area contributed by atoms with Gasteiger partial charge in [-0.3, -0.25) is 19.2 Å². The second-order valence-corrected chi connectivity index (χ2v) is 6.91. The average molecular weight is 451 g/mol. The van der Waals surface area contributed by atoms with Crippen molar-refractivity contribution in [1.82, 2.24) is 10.2 Å². The quantitative estimate of drug-likeness (QED) is 0.317. The van der Waals surface area contributed by atoms with Crippen molar-refractivity contribution in [3.63, 3.8) is 0 Å². The Bertz CT molecular complexity index is 799. The fraction of sp³-hybridized carbons (Fsp3) is 0.476. The van der Waals surface area contributed by atoms with Gasteiger partial charge in [-0.1, -0.05) is 30.3 Å². The molecule has 2 atom stereocenters. The van der Waals surface area contributed by atoms with Gasteiger partial charge in [0.25, 0.3) is 0 Å². The number of carbonyl (C=O) groups excluding carboxylic acids is 5. The number of hydrogen-bond acceptors (Lipinski definition) is 9. The van der Waals surface area contributed by atoms with Crippen molar-refractivity contribution >= 4 is 29.7 Å². The van der Waals surface area contributed by atoms with E-state index >= 15 is 0 Å². The molecule has 1 aromatic rings. The van der Waals surface area contributed by atoms with Gasteiger partial charge in [0.05, 0.1) is 27.2 Å². The van der Waals surface area contributed by atoms with Gasteiger partial charge in [0.15, 0.2) is 0 Å². The van der Waals surface area contributed by atoms with E-state index in [9.17, 15) is 24.0 Å². The molecule has 3 N–H and O–H groups in total. The molecule has 32 heavy (non-hydrogen) atoms. The van der Waals surface area contributed by atoms with Crippen LogP contribution in [0.1, 0.15) is 24.8 Å². The third kappa shape index (κ3) is 9.56. The summed E-state index contributed by atoms with van der Waals surface area (Å²) in [6, 6.07) is 6.74. The standard InChI is InChI=1S/C21H29N3O8/c1-24(18(26)10-9-15(22)20(28)30-2)12-17(25)23-16(21(29)31-3)11-19(27)32-13-14-7-5-4-6-8-14/h4-8,15-16H,9-13,22H2,1-3H3,(H,23,25)/t15-,16-/m1/s1. The van der Waals surface area contributed by atoms with E-state index in [0.717, 1.165) is 17.6 Å². The van der Waals surface area contributed by atoms with E-state index in [1.165, 1.54) is 14.2 Å². The highest BCUT2D eigenvalue weighted by Gasteiger charge is 2.26. The van der Waals surface area contributed by atoms with Crippen molar-refractivity contribution in [2.75, 3.05) is 27.8 Å². The molecule has 0 heterocycles. The van der Waals surface area contributed by atoms with E-state index in [2.05, 4.69) is 14.8 Å². The number of amides is 2. The SMILES string of the molecule is COC(=O)[C@H](N)CCC(=O)N(C)CC(=O)N[C@H](CC(=O)OCc1ccccc1)C(=O)OC. The largest absolute Gasteiger partial charge is 0.468 e. The molecule has 0 aromatic heterocycles. The molecular formula is C21H29N3O8. The fourth-order valence-corrected chi connectivity index (χ4v) is 2.58. The first-order chi connectivity index (χ1) is 15.2. The average Bonchev–Trinajstić information content (AvgIpc) is 2.79. The van der Waals surface area contributed by atoms with Crippen LogP contribution in [-0.2, 0) is 44.8 Å². The van der Waals surface area contributed by atoms with Crippen molar-refractivity contribution in [3.8, 4) is 0 Å². The van der Waals surface area contributed by atoms with Crippen LogP contribution in [0.15, 0.2) is 30.3 Å². The van der Waals surface area contributed by atoms with E-state index in [1.807, 2.05) is 6.07 Å². The number of ether oxygens (including phenoxy) is 3. The minimum Gasteiger partial charge on any atom is -0.468 e. The molecule has 0 radical (unpaired) electrons. The van der Waals surface area contributed by atoms with Gasteiger partial charge in [-0.25, -0.2) is 4.79 Å². The second-order valence-electron chi connectivity index (χ2n) is 6.91. The molecule has 0 aliphatic carbocycles. The number of nitrogens with one attached hydrogen (secondary N) is 1. The Labute approximate surface area is 186 Å². The molecule has 1 rings (SSSR count). The van der Waals surface area contributed by atoms with Gasteiger partial charge >= 0.3 is 17.9 Å². The van der Waals surface area contributed by atoms with Gasteiger partial charge in [0.1, 0.15) is 18.7 Å². The minimum atomic E-state index is -1.27. The maximum Gasteiger partial charge on any atom is 0.328 e. The van der Waals surface area contributed by atoms with Crippen LogP contribution in [0, 0.1) is 0 Å². The Balaban J connectivity index is 2.54. The highest BCUT2D eigenvalue weighted by atomic mass is 16.5. The summed E-state index contributed by atoms with van der Waals surface area (Å²) >= 11 is 0. The predicted molar refractivity (Wildman–Crippen MR) is 112 cm³/mol. The van der Waals surface area contributed by atoms with Crippen molar-refractivity contribution in [3.05, 3.63) is 35.9 Å². The summed E-state index contributed by atoms with van der Waals surface area (Å²) < 4.78 is 14.2. The van der Waals surface area contributed by atoms with Gasteiger partial charge in [0, 0.05) is 13.5 Å². The first kappa shape index (κ1) is 26.6. The van der Waals surface area contributed by atoms with Crippen molar-refractivity contribution in [2.24, 2.45) is 5.73 Å². The molecule has 0 aliphatic heterocycles. The van der Waals surface area contributed by atoms with E-state index in [0.29, 0.717) is 0 Å². The summed E-state index contributed by atoms with van der Waals surface area (Å²) in [5, 5.41) is 2.37. The van der Waals surface area contributed by atoms with Crippen molar-refractivity contribution in [2.45, 2.75) is 38.0 Å². The number of hydrogen-bond donors (Lipinski definition) is 2. The molecule has 0 fully saturated rings. The highest BCUT2D eigenvalue weighted by Crippen LogP contribution is 2.05. The topological polar surface area (TPSA) is 154 Å². The van der Waals surface area contributed by atoms with Crippen LogP contribution < -0.4 is 11.1 Å². The number of esters is 3. The predicted octanol–water partition coefficient (Wildman–Crippen LogP) is -0.483. The third-order valence-corrected chi connectivity index (χ3v) is 4.41. The van der Waals surface area contributed by atoms with E-state index in [1.54, 1.807) is 24.3 Å². The number of likely N-dealkylation sites (N-methyl/N-ethyl adjacent to an activating group) is 1. The van der Waals surface area contributed by atoms with Crippen LogP contribution in [-0.4, -0.2) is 74.5 Å². The molecule has 1 aromatic carbocycles. The minimum absolute atomic E-state index is 0.0203. The van der Waals surface area contributed by atoms with E-state index < -0.39 is 48.2 Å².